The SMILES string of the molecule is CO[C@@]12CC[C@H](O)C[C@@H]1N(C(=O)c1cccn3cnnc13)CC2. The molecule has 7 heteroatoms. The first-order valence-corrected chi connectivity index (χ1v) is 7.97. The van der Waals surface area contributed by atoms with Crippen LogP contribution in [0.5, 0.6) is 0 Å². The number of pyridine rings is 1. The van der Waals surface area contributed by atoms with Crippen molar-refractivity contribution in [3.05, 3.63) is 30.2 Å². The van der Waals surface area contributed by atoms with Gasteiger partial charge in [0.2, 0.25) is 0 Å². The molecular formula is C16H20N4O3. The van der Waals surface area contributed by atoms with Gasteiger partial charge in [-0.3, -0.25) is 9.20 Å². The van der Waals surface area contributed by atoms with Gasteiger partial charge in [0.1, 0.15) is 6.33 Å². The molecule has 3 atom stereocenters. The summed E-state index contributed by atoms with van der Waals surface area (Å²) >= 11 is 0. The molecule has 4 rings (SSSR count). The zero-order valence-electron chi connectivity index (χ0n) is 13.1. The summed E-state index contributed by atoms with van der Waals surface area (Å²) in [5, 5.41) is 18.0. The fourth-order valence-corrected chi connectivity index (χ4v) is 4.09. The van der Waals surface area contributed by atoms with Gasteiger partial charge in [-0.05, 0) is 37.8 Å². The molecule has 2 aromatic rings. The molecule has 7 nitrogen and oxygen atoms in total. The number of hydrogen-bond donors (Lipinski definition) is 1. The minimum absolute atomic E-state index is 0.0679. The van der Waals surface area contributed by atoms with E-state index in [1.807, 2.05) is 17.2 Å². The summed E-state index contributed by atoms with van der Waals surface area (Å²) in [4.78, 5) is 14.9. The van der Waals surface area contributed by atoms with Gasteiger partial charge in [-0.2, -0.15) is 0 Å². The Kier molecular flexibility index (Phi) is 3.35. The van der Waals surface area contributed by atoms with Gasteiger partial charge in [0.05, 0.1) is 23.3 Å². The number of rotatable bonds is 2. The van der Waals surface area contributed by atoms with Gasteiger partial charge >= 0.3 is 0 Å². The molecule has 2 aromatic heterocycles. The minimum Gasteiger partial charge on any atom is -0.393 e. The van der Waals surface area contributed by atoms with Gasteiger partial charge in [0.25, 0.3) is 5.91 Å². The van der Waals surface area contributed by atoms with Gasteiger partial charge in [0.15, 0.2) is 5.65 Å². The Hall–Kier alpha value is -1.99. The normalized spacial score (nSPS) is 30.6. The van der Waals surface area contributed by atoms with Gasteiger partial charge in [-0.15, -0.1) is 10.2 Å². The van der Waals surface area contributed by atoms with Crippen LogP contribution in [-0.4, -0.2) is 61.9 Å². The van der Waals surface area contributed by atoms with E-state index in [9.17, 15) is 9.90 Å². The molecular weight excluding hydrogens is 296 g/mol. The number of amides is 1. The number of aliphatic hydroxyl groups is 1. The Morgan fingerprint density at radius 2 is 2.35 bits per heavy atom. The summed E-state index contributed by atoms with van der Waals surface area (Å²) in [6.45, 7) is 0.638. The third kappa shape index (κ3) is 2.14. The lowest BCUT2D eigenvalue weighted by molar-refractivity contribution is -0.0824. The highest BCUT2D eigenvalue weighted by Crippen LogP contribution is 2.43. The molecule has 2 aliphatic rings. The van der Waals surface area contributed by atoms with E-state index in [4.69, 9.17) is 4.74 Å². The van der Waals surface area contributed by atoms with Crippen molar-refractivity contribution < 1.29 is 14.6 Å². The maximum atomic E-state index is 13.1. The van der Waals surface area contributed by atoms with Crippen LogP contribution in [0.2, 0.25) is 0 Å². The number of ether oxygens (including phenoxy) is 1. The van der Waals surface area contributed by atoms with Crippen molar-refractivity contribution in [2.45, 2.75) is 43.4 Å². The number of aromatic nitrogens is 3. The highest BCUT2D eigenvalue weighted by molar-refractivity contribution is 6.00. The standard InChI is InChI=1S/C16H20N4O3/c1-23-16-5-4-11(21)9-13(16)20(8-6-16)15(22)12-3-2-7-19-10-17-18-14(12)19/h2-3,7,10-11,13,21H,4-6,8-9H2,1H3/t11-,13-,16+/m0/s1. The summed E-state index contributed by atoms with van der Waals surface area (Å²) < 4.78 is 7.54. The number of methoxy groups -OCH3 is 1. The van der Waals surface area contributed by atoms with E-state index in [1.165, 1.54) is 0 Å². The molecule has 3 heterocycles. The predicted octanol–water partition coefficient (Wildman–Crippen LogP) is 0.874. The Morgan fingerprint density at radius 3 is 3.17 bits per heavy atom. The van der Waals surface area contributed by atoms with Crippen LogP contribution in [0.15, 0.2) is 24.7 Å². The highest BCUT2D eigenvalue weighted by atomic mass is 16.5. The van der Waals surface area contributed by atoms with E-state index in [-0.39, 0.29) is 23.7 Å². The Balaban J connectivity index is 1.70. The maximum Gasteiger partial charge on any atom is 0.258 e. The average Bonchev–Trinajstić information content (AvgIpc) is 3.18. The first-order valence-electron chi connectivity index (χ1n) is 7.97. The van der Waals surface area contributed by atoms with Crippen LogP contribution >= 0.6 is 0 Å². The minimum atomic E-state index is -0.374. The van der Waals surface area contributed by atoms with Crippen LogP contribution < -0.4 is 0 Å². The molecule has 1 aliphatic carbocycles. The second kappa shape index (κ2) is 5.28. The van der Waals surface area contributed by atoms with Crippen LogP contribution in [-0.2, 0) is 4.74 Å². The number of hydrogen-bond acceptors (Lipinski definition) is 5. The third-order valence-electron chi connectivity index (χ3n) is 5.38. The Bertz CT molecular complexity index is 746. The Morgan fingerprint density at radius 1 is 1.48 bits per heavy atom. The fourth-order valence-electron chi connectivity index (χ4n) is 4.09. The van der Waals surface area contributed by atoms with Gasteiger partial charge in [-0.1, -0.05) is 0 Å². The van der Waals surface area contributed by atoms with Crippen LogP contribution in [0.25, 0.3) is 5.65 Å². The summed E-state index contributed by atoms with van der Waals surface area (Å²) in [6, 6.07) is 3.50. The van der Waals surface area contributed by atoms with E-state index < -0.39 is 0 Å². The fraction of sp³-hybridized carbons (Fsp3) is 0.562. The van der Waals surface area contributed by atoms with Gasteiger partial charge < -0.3 is 14.7 Å². The molecule has 0 radical (unpaired) electrons. The summed E-state index contributed by atoms with van der Waals surface area (Å²) in [5.41, 5.74) is 0.772. The molecule has 122 valence electrons. The highest BCUT2D eigenvalue weighted by Gasteiger charge is 2.52. The smallest absolute Gasteiger partial charge is 0.258 e. The van der Waals surface area contributed by atoms with Crippen molar-refractivity contribution in [3.63, 3.8) is 0 Å². The number of nitrogens with zero attached hydrogens (tertiary/aromatic N) is 4. The monoisotopic (exact) mass is 316 g/mol. The lowest BCUT2D eigenvalue weighted by Crippen LogP contribution is -2.52. The zero-order chi connectivity index (χ0) is 16.0. The van der Waals surface area contributed by atoms with Crippen LogP contribution in [0, 0.1) is 0 Å². The number of carbonyl (C=O) groups excluding carboxylic acids is 1. The van der Waals surface area contributed by atoms with Crippen molar-refractivity contribution in [1.82, 2.24) is 19.5 Å². The van der Waals surface area contributed by atoms with Crippen LogP contribution in [0.4, 0.5) is 0 Å². The van der Waals surface area contributed by atoms with Crippen molar-refractivity contribution >= 4 is 11.6 Å². The topological polar surface area (TPSA) is 80.0 Å². The van der Waals surface area contributed by atoms with Gasteiger partial charge in [0, 0.05) is 19.9 Å². The molecule has 0 aromatic carbocycles. The number of likely N-dealkylation sites (tertiary alicyclic amines) is 1. The number of carbonyl (C=O) groups is 1. The molecule has 1 N–H and O–H groups in total. The first-order chi connectivity index (χ1) is 11.1. The molecule has 0 bridgehead atoms. The number of fused-ring (bicyclic) bond motifs is 2. The summed E-state index contributed by atoms with van der Waals surface area (Å²) in [7, 11) is 1.71. The summed E-state index contributed by atoms with van der Waals surface area (Å²) in [6.07, 6.45) is 5.92. The van der Waals surface area contributed by atoms with Crippen molar-refractivity contribution in [1.29, 1.82) is 0 Å². The van der Waals surface area contributed by atoms with E-state index in [2.05, 4.69) is 10.2 Å². The molecule has 1 amide bonds. The van der Waals surface area contributed by atoms with Crippen LogP contribution in [0.3, 0.4) is 0 Å². The zero-order valence-corrected chi connectivity index (χ0v) is 13.1. The Labute approximate surface area is 133 Å². The lowest BCUT2D eigenvalue weighted by atomic mass is 9.79. The first kappa shape index (κ1) is 14.6. The second-order valence-corrected chi connectivity index (χ2v) is 6.45. The van der Waals surface area contributed by atoms with Crippen LogP contribution in [0.1, 0.15) is 36.0 Å². The molecule has 1 aliphatic heterocycles. The molecule has 1 saturated carbocycles. The second-order valence-electron chi connectivity index (χ2n) is 6.45. The van der Waals surface area contributed by atoms with E-state index in [0.29, 0.717) is 24.2 Å². The molecule has 23 heavy (non-hydrogen) atoms. The summed E-state index contributed by atoms with van der Waals surface area (Å²) in [5.74, 6) is -0.0679. The molecule has 1 saturated heterocycles. The number of aliphatic hydroxyl groups excluding tert-OH is 1. The molecule has 0 unspecified atom stereocenters. The molecule has 2 fully saturated rings. The maximum absolute atomic E-state index is 13.1. The lowest BCUT2D eigenvalue weighted by Gasteiger charge is -2.42. The van der Waals surface area contributed by atoms with E-state index in [1.54, 1.807) is 23.9 Å². The van der Waals surface area contributed by atoms with E-state index in [0.717, 1.165) is 19.3 Å². The third-order valence-corrected chi connectivity index (χ3v) is 5.38. The van der Waals surface area contributed by atoms with Crippen molar-refractivity contribution in [2.75, 3.05) is 13.7 Å². The largest absolute Gasteiger partial charge is 0.393 e. The van der Waals surface area contributed by atoms with Crippen molar-refractivity contribution in [3.8, 4) is 0 Å². The predicted molar refractivity (Wildman–Crippen MR) is 82.0 cm³/mol. The molecule has 0 spiro atoms. The average molecular weight is 316 g/mol. The van der Waals surface area contributed by atoms with E-state index >= 15 is 0 Å². The quantitative estimate of drug-likeness (QED) is 0.889. The van der Waals surface area contributed by atoms with Gasteiger partial charge in [-0.25, -0.2) is 0 Å². The van der Waals surface area contributed by atoms with Crippen molar-refractivity contribution in [2.24, 2.45) is 0 Å².